The highest BCUT2D eigenvalue weighted by molar-refractivity contribution is 7.90. The summed E-state index contributed by atoms with van der Waals surface area (Å²) >= 11 is 0. The van der Waals surface area contributed by atoms with Gasteiger partial charge in [-0.15, -0.1) is 0 Å². The number of hydrogen-bond donors (Lipinski definition) is 4. The fourth-order valence-electron chi connectivity index (χ4n) is 3.55. The van der Waals surface area contributed by atoms with E-state index in [4.69, 9.17) is 0 Å². The first-order valence-corrected chi connectivity index (χ1v) is 12.4. The van der Waals surface area contributed by atoms with Crippen LogP contribution in [0.2, 0.25) is 0 Å². The topological polar surface area (TPSA) is 103 Å². The Morgan fingerprint density at radius 2 is 1.64 bits per heavy atom. The van der Waals surface area contributed by atoms with Gasteiger partial charge >= 0.3 is 0 Å². The standard InChI is InChI=1S/C25H32N4O3S/c1-19(21-8-5-4-6-9-21)28-33(31,32)29-23-13-11-20(12-14-23)16-25(2,3)27-18-24(30)22-10-7-15-26-17-22/h4-15,17,19,24,27-30H,16,18H2,1-3H3. The predicted molar refractivity (Wildman–Crippen MR) is 132 cm³/mol. The van der Waals surface area contributed by atoms with Gasteiger partial charge in [0.2, 0.25) is 0 Å². The summed E-state index contributed by atoms with van der Waals surface area (Å²) in [5.74, 6) is 0. The van der Waals surface area contributed by atoms with E-state index in [2.05, 4.69) is 33.6 Å². The lowest BCUT2D eigenvalue weighted by Gasteiger charge is -2.28. The lowest BCUT2D eigenvalue weighted by molar-refractivity contribution is 0.160. The van der Waals surface area contributed by atoms with Crippen molar-refractivity contribution in [1.82, 2.24) is 15.0 Å². The van der Waals surface area contributed by atoms with E-state index in [1.54, 1.807) is 37.5 Å². The number of nitrogens with one attached hydrogen (secondary N) is 3. The first-order valence-electron chi connectivity index (χ1n) is 10.9. The van der Waals surface area contributed by atoms with Gasteiger partial charge in [0.1, 0.15) is 0 Å². The molecule has 0 aliphatic rings. The Bertz CT molecular complexity index is 1110. The van der Waals surface area contributed by atoms with Gasteiger partial charge in [0.05, 0.1) is 6.10 Å². The normalized spacial score (nSPS) is 13.9. The molecule has 0 amide bonds. The van der Waals surface area contributed by atoms with Gasteiger partial charge in [-0.3, -0.25) is 9.71 Å². The molecule has 3 rings (SSSR count). The van der Waals surface area contributed by atoms with Crippen molar-refractivity contribution in [1.29, 1.82) is 0 Å². The van der Waals surface area contributed by atoms with E-state index in [1.807, 2.05) is 48.5 Å². The molecule has 2 unspecified atom stereocenters. The summed E-state index contributed by atoms with van der Waals surface area (Å²) in [6.45, 7) is 6.34. The van der Waals surface area contributed by atoms with Crippen molar-refractivity contribution >= 4 is 15.9 Å². The largest absolute Gasteiger partial charge is 0.387 e. The summed E-state index contributed by atoms with van der Waals surface area (Å²) in [6.07, 6.45) is 3.41. The Labute approximate surface area is 196 Å². The molecule has 0 saturated carbocycles. The second kappa shape index (κ2) is 10.9. The molecule has 3 aromatic rings. The van der Waals surface area contributed by atoms with Crippen LogP contribution in [0, 0.1) is 0 Å². The molecule has 0 bridgehead atoms. The average Bonchev–Trinajstić information content (AvgIpc) is 2.79. The fraction of sp³-hybridized carbons (Fsp3) is 0.320. The predicted octanol–water partition coefficient (Wildman–Crippen LogP) is 3.73. The van der Waals surface area contributed by atoms with Crippen molar-refractivity contribution in [3.05, 3.63) is 95.8 Å². The van der Waals surface area contributed by atoms with E-state index < -0.39 is 16.3 Å². The SMILES string of the molecule is CC(NS(=O)(=O)Nc1ccc(CC(C)(C)NCC(O)c2cccnc2)cc1)c1ccccc1. The number of aliphatic hydroxyl groups is 1. The molecule has 0 aliphatic carbocycles. The first-order chi connectivity index (χ1) is 15.6. The van der Waals surface area contributed by atoms with Gasteiger partial charge in [0.15, 0.2) is 0 Å². The van der Waals surface area contributed by atoms with Crippen LogP contribution in [-0.2, 0) is 16.6 Å². The minimum absolute atomic E-state index is 0.267. The molecule has 1 heterocycles. The van der Waals surface area contributed by atoms with E-state index >= 15 is 0 Å². The Hall–Kier alpha value is -2.78. The molecular weight excluding hydrogens is 436 g/mol. The number of aromatic nitrogens is 1. The van der Waals surface area contributed by atoms with Crippen LogP contribution in [0.25, 0.3) is 0 Å². The number of anilines is 1. The third-order valence-electron chi connectivity index (χ3n) is 5.33. The van der Waals surface area contributed by atoms with E-state index in [1.165, 1.54) is 0 Å². The molecule has 0 fully saturated rings. The number of β-amino-alcohol motifs (C(OH)–C–C–N with tert-alkyl or cyclic N) is 1. The molecule has 2 atom stereocenters. The van der Waals surface area contributed by atoms with E-state index in [9.17, 15) is 13.5 Å². The minimum Gasteiger partial charge on any atom is -0.387 e. The van der Waals surface area contributed by atoms with Crippen LogP contribution >= 0.6 is 0 Å². The van der Waals surface area contributed by atoms with Gasteiger partial charge in [-0.25, -0.2) is 0 Å². The van der Waals surface area contributed by atoms with Crippen LogP contribution in [-0.4, -0.2) is 30.6 Å². The summed E-state index contributed by atoms with van der Waals surface area (Å²) in [4.78, 5) is 4.04. The third-order valence-corrected chi connectivity index (χ3v) is 6.50. The highest BCUT2D eigenvalue weighted by Crippen LogP contribution is 2.19. The molecule has 7 nitrogen and oxygen atoms in total. The maximum absolute atomic E-state index is 12.5. The minimum atomic E-state index is -3.72. The summed E-state index contributed by atoms with van der Waals surface area (Å²) in [5, 5.41) is 13.8. The number of pyridine rings is 1. The van der Waals surface area contributed by atoms with E-state index in [-0.39, 0.29) is 11.6 Å². The van der Waals surface area contributed by atoms with Crippen molar-refractivity contribution < 1.29 is 13.5 Å². The molecule has 0 aliphatic heterocycles. The third kappa shape index (κ3) is 7.94. The zero-order valence-corrected chi connectivity index (χ0v) is 20.0. The zero-order chi connectivity index (χ0) is 23.9. The smallest absolute Gasteiger partial charge is 0.299 e. The van der Waals surface area contributed by atoms with Crippen LogP contribution in [0.15, 0.2) is 79.1 Å². The van der Waals surface area contributed by atoms with Crippen molar-refractivity contribution in [2.75, 3.05) is 11.3 Å². The van der Waals surface area contributed by atoms with Gasteiger partial charge < -0.3 is 10.4 Å². The van der Waals surface area contributed by atoms with Gasteiger partial charge in [0, 0.05) is 41.8 Å². The van der Waals surface area contributed by atoms with Crippen LogP contribution in [0.5, 0.6) is 0 Å². The number of rotatable bonds is 11. The monoisotopic (exact) mass is 468 g/mol. The maximum atomic E-state index is 12.5. The average molecular weight is 469 g/mol. The number of hydrogen-bond acceptors (Lipinski definition) is 5. The van der Waals surface area contributed by atoms with Crippen molar-refractivity contribution in [2.45, 2.75) is 44.9 Å². The Morgan fingerprint density at radius 1 is 0.970 bits per heavy atom. The number of nitrogens with zero attached hydrogens (tertiary/aromatic N) is 1. The Balaban J connectivity index is 1.53. The molecule has 0 saturated heterocycles. The molecule has 2 aromatic carbocycles. The Kier molecular flexibility index (Phi) is 8.20. The molecule has 33 heavy (non-hydrogen) atoms. The van der Waals surface area contributed by atoms with Crippen LogP contribution in [0.3, 0.4) is 0 Å². The second-order valence-corrected chi connectivity index (χ2v) is 10.2. The van der Waals surface area contributed by atoms with Crippen molar-refractivity contribution in [2.24, 2.45) is 0 Å². The van der Waals surface area contributed by atoms with Crippen LogP contribution < -0.4 is 14.8 Å². The van der Waals surface area contributed by atoms with Crippen molar-refractivity contribution in [3.8, 4) is 0 Å². The quantitative estimate of drug-likeness (QED) is 0.343. The maximum Gasteiger partial charge on any atom is 0.299 e. The molecule has 4 N–H and O–H groups in total. The summed E-state index contributed by atoms with van der Waals surface area (Å²) in [7, 11) is -3.72. The second-order valence-electron chi connectivity index (χ2n) is 8.80. The molecule has 0 spiro atoms. The molecule has 1 aromatic heterocycles. The van der Waals surface area contributed by atoms with Gasteiger partial charge in [-0.2, -0.15) is 13.1 Å². The Morgan fingerprint density at radius 3 is 2.27 bits per heavy atom. The van der Waals surface area contributed by atoms with Crippen LogP contribution in [0.4, 0.5) is 5.69 Å². The number of aliphatic hydroxyl groups excluding tert-OH is 1. The summed E-state index contributed by atoms with van der Waals surface area (Å²) in [5.41, 5.74) is 2.94. The van der Waals surface area contributed by atoms with Gasteiger partial charge in [-0.1, -0.05) is 48.5 Å². The number of benzene rings is 2. The summed E-state index contributed by atoms with van der Waals surface area (Å²) in [6, 6.07) is 20.0. The lowest BCUT2D eigenvalue weighted by atomic mass is 9.94. The molecule has 176 valence electrons. The van der Waals surface area contributed by atoms with E-state index in [0.29, 0.717) is 18.7 Å². The van der Waals surface area contributed by atoms with Crippen molar-refractivity contribution in [3.63, 3.8) is 0 Å². The van der Waals surface area contributed by atoms with Gasteiger partial charge in [0.25, 0.3) is 10.2 Å². The van der Waals surface area contributed by atoms with E-state index in [0.717, 1.165) is 16.7 Å². The lowest BCUT2D eigenvalue weighted by Crippen LogP contribution is -2.43. The molecular formula is C25H32N4O3S. The first kappa shape index (κ1) is 24.9. The fourth-order valence-corrected chi connectivity index (χ4v) is 4.66. The van der Waals surface area contributed by atoms with Gasteiger partial charge in [-0.05, 0) is 56.5 Å². The molecule has 8 heteroatoms. The molecule has 0 radical (unpaired) electrons. The highest BCUT2D eigenvalue weighted by Gasteiger charge is 2.20. The van der Waals surface area contributed by atoms with Crippen LogP contribution in [0.1, 0.15) is 49.6 Å². The summed E-state index contributed by atoms with van der Waals surface area (Å²) < 4.78 is 30.2. The zero-order valence-electron chi connectivity index (χ0n) is 19.2. The highest BCUT2D eigenvalue weighted by atomic mass is 32.2.